The lowest BCUT2D eigenvalue weighted by atomic mass is 9.85. The van der Waals surface area contributed by atoms with E-state index in [0.717, 1.165) is 0 Å². The van der Waals surface area contributed by atoms with Crippen LogP contribution in [0, 0.1) is 12.7 Å². The minimum Gasteiger partial charge on any atom is -0.338 e. The maximum atomic E-state index is 15.5. The van der Waals surface area contributed by atoms with Gasteiger partial charge in [0.1, 0.15) is 11.5 Å². The lowest BCUT2D eigenvalue weighted by Crippen LogP contribution is -2.43. The molecule has 1 fully saturated rings. The molecule has 1 aliphatic rings. The lowest BCUT2D eigenvalue weighted by Gasteiger charge is -2.37. The minimum absolute atomic E-state index is 0.0958. The molecule has 0 radical (unpaired) electrons. The van der Waals surface area contributed by atoms with Crippen LogP contribution in [0.3, 0.4) is 0 Å². The number of likely N-dealkylation sites (tertiary alicyclic amines) is 1. The number of piperidine rings is 1. The monoisotopic (exact) mass is 397 g/mol. The third kappa shape index (κ3) is 3.52. The third-order valence-corrected chi connectivity index (χ3v) is 5.57. The average molecular weight is 397 g/mol. The fraction of sp³-hybridized carbons (Fsp3) is 0.318. The van der Waals surface area contributed by atoms with Crippen LogP contribution in [0.15, 0.2) is 47.5 Å². The molecule has 1 aliphatic heterocycles. The molecular weight excluding hydrogens is 376 g/mol. The number of hydrogen-bond acceptors (Lipinski definition) is 3. The molecule has 0 N–H and O–H groups in total. The van der Waals surface area contributed by atoms with E-state index in [-0.39, 0.29) is 37.4 Å². The van der Waals surface area contributed by atoms with Gasteiger partial charge in [0.15, 0.2) is 0 Å². The highest BCUT2D eigenvalue weighted by molar-refractivity contribution is 5.97. The van der Waals surface area contributed by atoms with Gasteiger partial charge in [-0.05, 0) is 48.4 Å². The SMILES string of the molecule is Cc1cc(F)cc(C2(F)CCN(C(=O)c3ccc4ncn(C)c(=O)c4c3)CC2)c1. The van der Waals surface area contributed by atoms with Crippen LogP contribution in [-0.2, 0) is 12.7 Å². The van der Waals surface area contributed by atoms with Crippen LogP contribution < -0.4 is 5.56 Å². The molecule has 1 amide bonds. The number of aromatic nitrogens is 2. The largest absolute Gasteiger partial charge is 0.338 e. The van der Waals surface area contributed by atoms with Crippen molar-refractivity contribution in [1.82, 2.24) is 14.5 Å². The first kappa shape index (κ1) is 19.2. The van der Waals surface area contributed by atoms with E-state index in [1.165, 1.54) is 23.0 Å². The molecule has 0 atom stereocenters. The molecule has 0 saturated carbocycles. The van der Waals surface area contributed by atoms with Gasteiger partial charge in [-0.15, -0.1) is 0 Å². The van der Waals surface area contributed by atoms with Gasteiger partial charge in [-0.1, -0.05) is 6.07 Å². The Balaban J connectivity index is 1.55. The summed E-state index contributed by atoms with van der Waals surface area (Å²) in [6.07, 6.45) is 1.63. The molecule has 2 heterocycles. The van der Waals surface area contributed by atoms with Gasteiger partial charge in [0.2, 0.25) is 0 Å². The Bertz CT molecular complexity index is 1140. The fourth-order valence-electron chi connectivity index (χ4n) is 3.87. The smallest absolute Gasteiger partial charge is 0.260 e. The van der Waals surface area contributed by atoms with Crippen LogP contribution >= 0.6 is 0 Å². The Morgan fingerprint density at radius 3 is 2.55 bits per heavy atom. The number of carbonyl (C=O) groups is 1. The van der Waals surface area contributed by atoms with Gasteiger partial charge in [0.05, 0.1) is 17.2 Å². The van der Waals surface area contributed by atoms with Crippen molar-refractivity contribution in [3.8, 4) is 0 Å². The summed E-state index contributed by atoms with van der Waals surface area (Å²) in [6, 6.07) is 9.07. The molecule has 1 aromatic heterocycles. The summed E-state index contributed by atoms with van der Waals surface area (Å²) in [5, 5.41) is 0.368. The van der Waals surface area contributed by atoms with Gasteiger partial charge in [0.25, 0.3) is 11.5 Å². The van der Waals surface area contributed by atoms with E-state index in [2.05, 4.69) is 4.98 Å². The zero-order chi connectivity index (χ0) is 20.8. The molecule has 0 unspecified atom stereocenters. The molecule has 7 heteroatoms. The third-order valence-electron chi connectivity index (χ3n) is 5.57. The molecule has 0 bridgehead atoms. The zero-order valence-corrected chi connectivity index (χ0v) is 16.3. The number of benzene rings is 2. The molecule has 2 aromatic carbocycles. The predicted molar refractivity (Wildman–Crippen MR) is 106 cm³/mol. The first-order valence-corrected chi connectivity index (χ1v) is 9.48. The molecular formula is C22H21F2N3O2. The molecule has 5 nitrogen and oxygen atoms in total. The predicted octanol–water partition coefficient (Wildman–Crippen LogP) is 3.48. The Morgan fingerprint density at radius 2 is 1.86 bits per heavy atom. The number of halogens is 2. The summed E-state index contributed by atoms with van der Waals surface area (Å²) < 4.78 is 30.5. The van der Waals surface area contributed by atoms with Crippen molar-refractivity contribution < 1.29 is 13.6 Å². The molecule has 1 saturated heterocycles. The minimum atomic E-state index is -1.66. The van der Waals surface area contributed by atoms with Crippen molar-refractivity contribution in [2.45, 2.75) is 25.4 Å². The number of carbonyl (C=O) groups excluding carboxylic acids is 1. The van der Waals surface area contributed by atoms with E-state index in [1.54, 1.807) is 43.1 Å². The Labute approximate surface area is 166 Å². The normalized spacial score (nSPS) is 16.2. The molecule has 0 aliphatic carbocycles. The zero-order valence-electron chi connectivity index (χ0n) is 16.3. The number of rotatable bonds is 2. The van der Waals surface area contributed by atoms with Crippen LogP contribution in [-0.4, -0.2) is 33.4 Å². The van der Waals surface area contributed by atoms with E-state index >= 15 is 4.39 Å². The second-order valence-electron chi connectivity index (χ2n) is 7.67. The van der Waals surface area contributed by atoms with Crippen molar-refractivity contribution in [2.24, 2.45) is 7.05 Å². The van der Waals surface area contributed by atoms with Gasteiger partial charge in [-0.2, -0.15) is 0 Å². The Morgan fingerprint density at radius 1 is 1.14 bits per heavy atom. The fourth-order valence-corrected chi connectivity index (χ4v) is 3.87. The van der Waals surface area contributed by atoms with Gasteiger partial charge >= 0.3 is 0 Å². The van der Waals surface area contributed by atoms with Crippen molar-refractivity contribution in [3.63, 3.8) is 0 Å². The van der Waals surface area contributed by atoms with Crippen molar-refractivity contribution in [2.75, 3.05) is 13.1 Å². The quantitative estimate of drug-likeness (QED) is 0.665. The number of amides is 1. The number of nitrogens with zero attached hydrogens (tertiary/aromatic N) is 3. The highest BCUT2D eigenvalue weighted by Gasteiger charge is 2.38. The molecule has 29 heavy (non-hydrogen) atoms. The van der Waals surface area contributed by atoms with E-state index in [0.29, 0.717) is 27.6 Å². The van der Waals surface area contributed by atoms with Crippen molar-refractivity contribution in [3.05, 3.63) is 75.6 Å². The number of aryl methyl sites for hydroxylation is 2. The Hall–Kier alpha value is -3.09. The summed E-state index contributed by atoms with van der Waals surface area (Å²) in [4.78, 5) is 31.0. The van der Waals surface area contributed by atoms with E-state index in [1.807, 2.05) is 0 Å². The van der Waals surface area contributed by atoms with Crippen LogP contribution in [0.4, 0.5) is 8.78 Å². The summed E-state index contributed by atoms with van der Waals surface area (Å²) >= 11 is 0. The second-order valence-corrected chi connectivity index (χ2v) is 7.67. The van der Waals surface area contributed by atoms with Gasteiger partial charge in [-0.25, -0.2) is 13.8 Å². The first-order valence-electron chi connectivity index (χ1n) is 9.48. The van der Waals surface area contributed by atoms with Crippen LogP contribution in [0.25, 0.3) is 10.9 Å². The Kier molecular flexibility index (Phi) is 4.68. The maximum absolute atomic E-state index is 15.5. The van der Waals surface area contributed by atoms with Crippen molar-refractivity contribution >= 4 is 16.8 Å². The van der Waals surface area contributed by atoms with E-state index in [9.17, 15) is 14.0 Å². The van der Waals surface area contributed by atoms with Crippen LogP contribution in [0.2, 0.25) is 0 Å². The summed E-state index contributed by atoms with van der Waals surface area (Å²) in [7, 11) is 1.60. The summed E-state index contributed by atoms with van der Waals surface area (Å²) in [5.41, 5.74) is -0.00715. The molecule has 150 valence electrons. The molecule has 4 rings (SSSR count). The highest BCUT2D eigenvalue weighted by atomic mass is 19.1. The topological polar surface area (TPSA) is 55.2 Å². The number of hydrogen-bond donors (Lipinski definition) is 0. The summed E-state index contributed by atoms with van der Waals surface area (Å²) in [6.45, 7) is 2.16. The maximum Gasteiger partial charge on any atom is 0.260 e. The van der Waals surface area contributed by atoms with Crippen molar-refractivity contribution in [1.29, 1.82) is 0 Å². The lowest BCUT2D eigenvalue weighted by molar-refractivity contribution is 0.0420. The molecule has 0 spiro atoms. The first-order chi connectivity index (χ1) is 13.8. The number of alkyl halides is 1. The van der Waals surface area contributed by atoms with Crippen LogP contribution in [0.5, 0.6) is 0 Å². The second kappa shape index (κ2) is 7.06. The van der Waals surface area contributed by atoms with E-state index in [4.69, 9.17) is 0 Å². The average Bonchev–Trinajstić information content (AvgIpc) is 2.70. The number of fused-ring (bicyclic) bond motifs is 1. The standard InChI is InChI=1S/C22H21F2N3O2/c1-14-9-16(12-17(23)10-14)22(24)5-7-27(8-6-22)20(28)15-3-4-19-18(11-15)21(29)26(2)13-25-19/h3-4,9-13H,5-8H2,1-2H3. The van der Waals surface area contributed by atoms with Gasteiger partial charge in [-0.3, -0.25) is 9.59 Å². The van der Waals surface area contributed by atoms with E-state index < -0.39 is 11.5 Å². The van der Waals surface area contributed by atoms with Gasteiger partial charge < -0.3 is 9.47 Å². The highest BCUT2D eigenvalue weighted by Crippen LogP contribution is 2.38. The molecule has 3 aromatic rings. The summed E-state index contributed by atoms with van der Waals surface area (Å²) in [5.74, 6) is -0.711. The van der Waals surface area contributed by atoms with Gasteiger partial charge in [0, 0.05) is 38.5 Å². The van der Waals surface area contributed by atoms with Crippen LogP contribution in [0.1, 0.15) is 34.3 Å².